The van der Waals surface area contributed by atoms with Crippen LogP contribution in [0.2, 0.25) is 0 Å². The third-order valence-corrected chi connectivity index (χ3v) is 4.59. The monoisotopic (exact) mass is 300 g/mol. The second kappa shape index (κ2) is 6.63. The van der Waals surface area contributed by atoms with Crippen molar-refractivity contribution in [3.8, 4) is 0 Å². The number of benzene rings is 1. The molecule has 1 fully saturated rings. The normalized spacial score (nSPS) is 19.1. The molecule has 1 aromatic heterocycles. The van der Waals surface area contributed by atoms with Gasteiger partial charge in [-0.3, -0.25) is 9.69 Å². The van der Waals surface area contributed by atoms with E-state index in [4.69, 9.17) is 4.74 Å². The standard InChI is InChI=1S/C18H24N2O2/c1-3-22-13-16-8-6-10-20(16)12-15-11-14-7-4-5-9-17(14)19(2)18(15)21/h4-5,7,9,11,16H,3,6,8,10,12-13H2,1-2H3/t16-/m1/s1. The number of aromatic nitrogens is 1. The van der Waals surface area contributed by atoms with Crippen LogP contribution in [0.25, 0.3) is 10.9 Å². The molecule has 1 aliphatic rings. The number of hydrogen-bond acceptors (Lipinski definition) is 3. The number of rotatable bonds is 5. The first-order valence-corrected chi connectivity index (χ1v) is 8.10. The lowest BCUT2D eigenvalue weighted by atomic mass is 10.1. The van der Waals surface area contributed by atoms with Gasteiger partial charge in [-0.2, -0.15) is 0 Å². The Labute approximate surface area is 131 Å². The fourth-order valence-electron chi connectivity index (χ4n) is 3.37. The molecule has 0 aliphatic carbocycles. The third kappa shape index (κ3) is 2.94. The van der Waals surface area contributed by atoms with E-state index in [1.54, 1.807) is 4.57 Å². The van der Waals surface area contributed by atoms with Gasteiger partial charge in [0.1, 0.15) is 0 Å². The lowest BCUT2D eigenvalue weighted by Crippen LogP contribution is -2.35. The van der Waals surface area contributed by atoms with Gasteiger partial charge in [0.15, 0.2) is 0 Å². The topological polar surface area (TPSA) is 34.5 Å². The van der Waals surface area contributed by atoms with Gasteiger partial charge in [-0.25, -0.2) is 0 Å². The first kappa shape index (κ1) is 15.3. The van der Waals surface area contributed by atoms with Crippen LogP contribution in [0.5, 0.6) is 0 Å². The fourth-order valence-corrected chi connectivity index (χ4v) is 3.37. The molecule has 22 heavy (non-hydrogen) atoms. The minimum absolute atomic E-state index is 0.112. The highest BCUT2D eigenvalue weighted by Gasteiger charge is 2.25. The van der Waals surface area contributed by atoms with Crippen molar-refractivity contribution in [2.75, 3.05) is 19.8 Å². The highest BCUT2D eigenvalue weighted by atomic mass is 16.5. The van der Waals surface area contributed by atoms with E-state index in [0.717, 1.165) is 49.2 Å². The van der Waals surface area contributed by atoms with Gasteiger partial charge in [0.05, 0.1) is 12.1 Å². The summed E-state index contributed by atoms with van der Waals surface area (Å²) in [5.41, 5.74) is 1.98. The van der Waals surface area contributed by atoms with Crippen molar-refractivity contribution in [1.29, 1.82) is 0 Å². The summed E-state index contributed by atoms with van der Waals surface area (Å²) in [7, 11) is 1.86. The van der Waals surface area contributed by atoms with Crippen molar-refractivity contribution in [3.05, 3.63) is 46.2 Å². The highest BCUT2D eigenvalue weighted by molar-refractivity contribution is 5.79. The molecule has 0 bridgehead atoms. The Balaban J connectivity index is 1.87. The zero-order valence-electron chi connectivity index (χ0n) is 13.4. The van der Waals surface area contributed by atoms with Crippen LogP contribution in [-0.4, -0.2) is 35.3 Å². The van der Waals surface area contributed by atoms with Crippen LogP contribution >= 0.6 is 0 Å². The molecule has 2 heterocycles. The Hall–Kier alpha value is -1.65. The first-order valence-electron chi connectivity index (χ1n) is 8.10. The lowest BCUT2D eigenvalue weighted by Gasteiger charge is -2.24. The molecule has 2 aromatic rings. The molecule has 1 atom stereocenters. The molecule has 118 valence electrons. The van der Waals surface area contributed by atoms with E-state index in [-0.39, 0.29) is 5.56 Å². The average molecular weight is 300 g/mol. The Morgan fingerprint density at radius 2 is 2.14 bits per heavy atom. The Morgan fingerprint density at radius 3 is 2.95 bits per heavy atom. The van der Waals surface area contributed by atoms with Gasteiger partial charge in [-0.15, -0.1) is 0 Å². The number of fused-ring (bicyclic) bond motifs is 1. The Bertz CT molecular complexity index is 708. The summed E-state index contributed by atoms with van der Waals surface area (Å²) in [6, 6.07) is 10.5. The molecular weight excluding hydrogens is 276 g/mol. The molecule has 0 unspecified atom stereocenters. The van der Waals surface area contributed by atoms with Gasteiger partial charge in [0.2, 0.25) is 0 Å². The van der Waals surface area contributed by atoms with E-state index in [2.05, 4.69) is 11.0 Å². The third-order valence-electron chi connectivity index (χ3n) is 4.59. The van der Waals surface area contributed by atoms with Crippen LogP contribution < -0.4 is 5.56 Å². The van der Waals surface area contributed by atoms with Crippen LogP contribution in [0, 0.1) is 0 Å². The van der Waals surface area contributed by atoms with Gasteiger partial charge < -0.3 is 9.30 Å². The second-order valence-electron chi connectivity index (χ2n) is 6.02. The van der Waals surface area contributed by atoms with Crippen molar-refractivity contribution in [2.24, 2.45) is 7.05 Å². The molecule has 1 aromatic carbocycles. The number of ether oxygens (including phenoxy) is 1. The second-order valence-corrected chi connectivity index (χ2v) is 6.02. The molecule has 1 aliphatic heterocycles. The van der Waals surface area contributed by atoms with E-state index in [1.807, 2.05) is 38.2 Å². The molecule has 0 radical (unpaired) electrons. The Morgan fingerprint density at radius 1 is 1.32 bits per heavy atom. The van der Waals surface area contributed by atoms with Gasteiger partial charge in [-0.1, -0.05) is 18.2 Å². The number of likely N-dealkylation sites (tertiary alicyclic amines) is 1. The summed E-state index contributed by atoms with van der Waals surface area (Å²) < 4.78 is 7.35. The van der Waals surface area contributed by atoms with Crippen molar-refractivity contribution in [3.63, 3.8) is 0 Å². The van der Waals surface area contributed by atoms with Crippen molar-refractivity contribution in [1.82, 2.24) is 9.47 Å². The van der Waals surface area contributed by atoms with E-state index < -0.39 is 0 Å². The summed E-state index contributed by atoms with van der Waals surface area (Å²) in [5.74, 6) is 0. The van der Waals surface area contributed by atoms with Gasteiger partial charge in [-0.05, 0) is 43.8 Å². The maximum absolute atomic E-state index is 12.6. The largest absolute Gasteiger partial charge is 0.380 e. The van der Waals surface area contributed by atoms with Gasteiger partial charge in [0, 0.05) is 31.8 Å². The molecule has 3 rings (SSSR count). The van der Waals surface area contributed by atoms with Gasteiger partial charge in [0.25, 0.3) is 5.56 Å². The van der Waals surface area contributed by atoms with Crippen molar-refractivity contribution >= 4 is 10.9 Å². The lowest BCUT2D eigenvalue weighted by molar-refractivity contribution is 0.0822. The molecule has 1 saturated heterocycles. The summed E-state index contributed by atoms with van der Waals surface area (Å²) >= 11 is 0. The summed E-state index contributed by atoms with van der Waals surface area (Å²) in [4.78, 5) is 15.0. The van der Waals surface area contributed by atoms with Crippen molar-refractivity contribution in [2.45, 2.75) is 32.4 Å². The molecule has 0 amide bonds. The van der Waals surface area contributed by atoms with E-state index in [1.165, 1.54) is 6.42 Å². The van der Waals surface area contributed by atoms with Gasteiger partial charge >= 0.3 is 0 Å². The highest BCUT2D eigenvalue weighted by Crippen LogP contribution is 2.21. The molecular formula is C18H24N2O2. The number of aryl methyl sites for hydroxylation is 1. The van der Waals surface area contributed by atoms with Crippen LogP contribution in [0.3, 0.4) is 0 Å². The average Bonchev–Trinajstić information content (AvgIpc) is 2.97. The van der Waals surface area contributed by atoms with Crippen LogP contribution in [0.4, 0.5) is 0 Å². The van der Waals surface area contributed by atoms with Crippen molar-refractivity contribution < 1.29 is 4.74 Å². The molecule has 4 heteroatoms. The zero-order chi connectivity index (χ0) is 15.5. The zero-order valence-corrected chi connectivity index (χ0v) is 13.4. The number of pyridine rings is 1. The SMILES string of the molecule is CCOC[C@H]1CCCN1Cc1cc2ccccc2n(C)c1=O. The first-order chi connectivity index (χ1) is 10.7. The number of nitrogens with zero attached hydrogens (tertiary/aromatic N) is 2. The predicted molar refractivity (Wildman–Crippen MR) is 89.1 cm³/mol. The molecule has 0 saturated carbocycles. The summed E-state index contributed by atoms with van der Waals surface area (Å²) in [6.45, 7) is 5.31. The molecule has 0 N–H and O–H groups in total. The smallest absolute Gasteiger partial charge is 0.255 e. The fraction of sp³-hybridized carbons (Fsp3) is 0.500. The maximum Gasteiger partial charge on any atom is 0.255 e. The van der Waals surface area contributed by atoms with Crippen LogP contribution in [0.1, 0.15) is 25.3 Å². The maximum atomic E-state index is 12.6. The predicted octanol–water partition coefficient (Wildman–Crippen LogP) is 2.54. The van der Waals surface area contributed by atoms with E-state index in [9.17, 15) is 4.79 Å². The quantitative estimate of drug-likeness (QED) is 0.851. The van der Waals surface area contributed by atoms with E-state index in [0.29, 0.717) is 6.04 Å². The van der Waals surface area contributed by atoms with Crippen LogP contribution in [0.15, 0.2) is 35.1 Å². The molecule has 4 nitrogen and oxygen atoms in total. The number of para-hydroxylation sites is 1. The minimum atomic E-state index is 0.112. The van der Waals surface area contributed by atoms with Crippen LogP contribution in [-0.2, 0) is 18.3 Å². The Kier molecular flexibility index (Phi) is 4.60. The summed E-state index contributed by atoms with van der Waals surface area (Å²) in [6.07, 6.45) is 2.35. The minimum Gasteiger partial charge on any atom is -0.380 e. The number of hydrogen-bond donors (Lipinski definition) is 0. The van der Waals surface area contributed by atoms with E-state index >= 15 is 0 Å². The molecule has 0 spiro atoms. The summed E-state index contributed by atoms with van der Waals surface area (Å²) in [5, 5.41) is 1.13.